The molecule has 6 N–H and O–H groups in total. The number of hydrogen-bond acceptors (Lipinski definition) is 1. The molecule has 0 heterocycles. The van der Waals surface area contributed by atoms with Crippen LogP contribution < -0.4 is 17.2 Å². The van der Waals surface area contributed by atoms with Crippen molar-refractivity contribution in [3.63, 3.8) is 0 Å². The number of aryl methyl sites for hydroxylation is 1. The second-order valence-electron chi connectivity index (χ2n) is 3.13. The van der Waals surface area contributed by atoms with Gasteiger partial charge in [0.2, 0.25) is 5.96 Å². The van der Waals surface area contributed by atoms with Crippen LogP contribution in [0, 0.1) is 3.57 Å². The molecule has 0 spiro atoms. The lowest BCUT2D eigenvalue weighted by Gasteiger charge is -2.03. The molecule has 0 aliphatic heterocycles. The quantitative estimate of drug-likeness (QED) is 0.429. The third-order valence-electron chi connectivity index (χ3n) is 1.90. The first kappa shape index (κ1) is 12.8. The minimum absolute atomic E-state index is 0.0657. The van der Waals surface area contributed by atoms with E-state index in [-0.39, 0.29) is 11.9 Å². The molecule has 0 unspecified atom stereocenters. The van der Waals surface area contributed by atoms with Gasteiger partial charge in [-0.15, -0.1) is 0 Å². The molecule has 6 heteroatoms. The minimum atomic E-state index is -0.0928. The van der Waals surface area contributed by atoms with E-state index in [1.807, 2.05) is 12.1 Å². The zero-order chi connectivity index (χ0) is 12.1. The van der Waals surface area contributed by atoms with Crippen molar-refractivity contribution >= 4 is 40.2 Å². The summed E-state index contributed by atoms with van der Waals surface area (Å²) in [5, 5.41) is 0. The van der Waals surface area contributed by atoms with Crippen molar-refractivity contribution in [1.82, 2.24) is 0 Å². The van der Waals surface area contributed by atoms with Crippen molar-refractivity contribution in [2.75, 3.05) is 0 Å². The maximum Gasteiger partial charge on any atom is 0.223 e. The minimum Gasteiger partial charge on any atom is -0.370 e. The van der Waals surface area contributed by atoms with E-state index in [1.54, 1.807) is 0 Å². The fourth-order valence-electron chi connectivity index (χ4n) is 1.23. The molecule has 0 aliphatic rings. The van der Waals surface area contributed by atoms with Crippen LogP contribution in [-0.4, -0.2) is 11.9 Å². The largest absolute Gasteiger partial charge is 0.370 e. The molecule has 0 radical (unpaired) electrons. The van der Waals surface area contributed by atoms with Gasteiger partial charge in [-0.25, -0.2) is 4.99 Å². The fraction of sp³-hybridized carbons (Fsp3) is 0.200. The van der Waals surface area contributed by atoms with Crippen molar-refractivity contribution < 1.29 is 0 Å². The summed E-state index contributed by atoms with van der Waals surface area (Å²) in [7, 11) is 0. The summed E-state index contributed by atoms with van der Waals surface area (Å²) in [5.41, 5.74) is 17.9. The molecule has 0 saturated heterocycles. The number of benzene rings is 1. The van der Waals surface area contributed by atoms with Gasteiger partial charge in [-0.05, 0) is 52.8 Å². The molecule has 0 saturated carbocycles. The SMILES string of the molecule is CCc1cc(I)ccc1N=C(N)N=C(N)N. The van der Waals surface area contributed by atoms with Gasteiger partial charge in [0.25, 0.3) is 0 Å². The lowest BCUT2D eigenvalue weighted by Crippen LogP contribution is -2.26. The van der Waals surface area contributed by atoms with Crippen molar-refractivity contribution in [1.29, 1.82) is 0 Å². The monoisotopic (exact) mass is 331 g/mol. The maximum absolute atomic E-state index is 5.57. The second kappa shape index (κ2) is 5.69. The van der Waals surface area contributed by atoms with Gasteiger partial charge in [-0.3, -0.25) is 0 Å². The lowest BCUT2D eigenvalue weighted by atomic mass is 10.1. The Kier molecular flexibility index (Phi) is 4.53. The van der Waals surface area contributed by atoms with Crippen LogP contribution in [0.3, 0.4) is 0 Å². The van der Waals surface area contributed by atoms with E-state index >= 15 is 0 Å². The fourth-order valence-corrected chi connectivity index (χ4v) is 1.78. The summed E-state index contributed by atoms with van der Waals surface area (Å²) < 4.78 is 1.16. The van der Waals surface area contributed by atoms with E-state index in [0.29, 0.717) is 0 Å². The Balaban J connectivity index is 3.09. The Hall–Kier alpha value is -1.31. The summed E-state index contributed by atoms with van der Waals surface area (Å²) in [6, 6.07) is 5.92. The van der Waals surface area contributed by atoms with Gasteiger partial charge in [-0.1, -0.05) is 6.92 Å². The average Bonchev–Trinajstić information content (AvgIpc) is 2.19. The Morgan fingerprint density at radius 1 is 1.31 bits per heavy atom. The Labute approximate surface area is 108 Å². The molecule has 0 fully saturated rings. The van der Waals surface area contributed by atoms with Crippen LogP contribution in [0.1, 0.15) is 12.5 Å². The van der Waals surface area contributed by atoms with Gasteiger partial charge in [0.15, 0.2) is 5.96 Å². The predicted octanol–water partition coefficient (Wildman–Crippen LogP) is 1.07. The van der Waals surface area contributed by atoms with Crippen LogP contribution in [0.15, 0.2) is 28.2 Å². The van der Waals surface area contributed by atoms with Crippen molar-refractivity contribution in [3.05, 3.63) is 27.3 Å². The van der Waals surface area contributed by atoms with E-state index in [0.717, 1.165) is 21.2 Å². The van der Waals surface area contributed by atoms with Gasteiger partial charge in [0.05, 0.1) is 5.69 Å². The summed E-state index contributed by atoms with van der Waals surface area (Å²) in [6.07, 6.45) is 0.880. The van der Waals surface area contributed by atoms with Crippen LogP contribution in [-0.2, 0) is 6.42 Å². The highest BCUT2D eigenvalue weighted by Crippen LogP contribution is 2.22. The number of aliphatic imine (C=N–C) groups is 2. The number of halogens is 1. The summed E-state index contributed by atoms with van der Waals surface area (Å²) in [6.45, 7) is 2.06. The first-order valence-corrected chi connectivity index (χ1v) is 5.83. The van der Waals surface area contributed by atoms with E-state index in [2.05, 4.69) is 45.6 Å². The zero-order valence-electron chi connectivity index (χ0n) is 8.94. The normalized spacial score (nSPS) is 11.2. The van der Waals surface area contributed by atoms with E-state index in [1.165, 1.54) is 0 Å². The van der Waals surface area contributed by atoms with Crippen LogP contribution in [0.5, 0.6) is 0 Å². The number of guanidine groups is 2. The highest BCUT2D eigenvalue weighted by molar-refractivity contribution is 14.1. The summed E-state index contributed by atoms with van der Waals surface area (Å²) >= 11 is 2.25. The molecule has 0 bridgehead atoms. The molecule has 5 nitrogen and oxygen atoms in total. The van der Waals surface area contributed by atoms with Gasteiger partial charge in [-0.2, -0.15) is 4.99 Å². The number of nitrogens with two attached hydrogens (primary N) is 3. The van der Waals surface area contributed by atoms with Gasteiger partial charge in [0, 0.05) is 3.57 Å². The second-order valence-corrected chi connectivity index (χ2v) is 4.38. The standard InChI is InChI=1S/C10H14IN5/c1-2-6-5-7(11)3-4-8(6)15-10(14)16-9(12)13/h3-5H,2H2,1H3,(H6,12,13,14,15,16). The molecular formula is C10H14IN5. The number of hydrogen-bond donors (Lipinski definition) is 3. The third kappa shape index (κ3) is 3.69. The van der Waals surface area contributed by atoms with Crippen molar-refractivity contribution in [2.45, 2.75) is 13.3 Å². The molecule has 1 aromatic rings. The molecule has 1 rings (SSSR count). The first-order valence-electron chi connectivity index (χ1n) is 4.75. The molecule has 0 atom stereocenters. The lowest BCUT2D eigenvalue weighted by molar-refractivity contribution is 1.13. The van der Waals surface area contributed by atoms with E-state index < -0.39 is 0 Å². The van der Waals surface area contributed by atoms with Crippen LogP contribution in [0.4, 0.5) is 5.69 Å². The first-order chi connectivity index (χ1) is 7.52. The molecule has 86 valence electrons. The maximum atomic E-state index is 5.57. The number of rotatable bonds is 2. The topological polar surface area (TPSA) is 103 Å². The number of nitrogens with zero attached hydrogens (tertiary/aromatic N) is 2. The van der Waals surface area contributed by atoms with Gasteiger partial charge < -0.3 is 17.2 Å². The average molecular weight is 331 g/mol. The van der Waals surface area contributed by atoms with Gasteiger partial charge in [0.1, 0.15) is 0 Å². The Bertz CT molecular complexity index is 435. The van der Waals surface area contributed by atoms with Crippen molar-refractivity contribution in [2.24, 2.45) is 27.2 Å². The van der Waals surface area contributed by atoms with Gasteiger partial charge >= 0.3 is 0 Å². The Morgan fingerprint density at radius 3 is 2.56 bits per heavy atom. The molecule has 0 aliphatic carbocycles. The molecule has 0 amide bonds. The zero-order valence-corrected chi connectivity index (χ0v) is 11.1. The molecule has 1 aromatic carbocycles. The van der Waals surface area contributed by atoms with Crippen LogP contribution in [0.2, 0.25) is 0 Å². The van der Waals surface area contributed by atoms with E-state index in [9.17, 15) is 0 Å². The molecule has 16 heavy (non-hydrogen) atoms. The Morgan fingerprint density at radius 2 is 2.00 bits per heavy atom. The predicted molar refractivity (Wildman–Crippen MR) is 75.6 cm³/mol. The third-order valence-corrected chi connectivity index (χ3v) is 2.57. The smallest absolute Gasteiger partial charge is 0.223 e. The summed E-state index contributed by atoms with van der Waals surface area (Å²) in [5.74, 6) is -0.0271. The molecule has 0 aromatic heterocycles. The van der Waals surface area contributed by atoms with Crippen LogP contribution in [0.25, 0.3) is 0 Å². The summed E-state index contributed by atoms with van der Waals surface area (Å²) in [4.78, 5) is 7.82. The highest BCUT2D eigenvalue weighted by Gasteiger charge is 2.01. The highest BCUT2D eigenvalue weighted by atomic mass is 127. The molecular weight excluding hydrogens is 317 g/mol. The van der Waals surface area contributed by atoms with Crippen molar-refractivity contribution in [3.8, 4) is 0 Å². The van der Waals surface area contributed by atoms with E-state index in [4.69, 9.17) is 17.2 Å². The van der Waals surface area contributed by atoms with Crippen LogP contribution >= 0.6 is 22.6 Å².